The van der Waals surface area contributed by atoms with Gasteiger partial charge in [0.1, 0.15) is 18.0 Å². The molecule has 0 radical (unpaired) electrons. The number of halogens is 1. The molecule has 1 heterocycles. The highest BCUT2D eigenvalue weighted by molar-refractivity contribution is 6.39. The first-order valence-corrected chi connectivity index (χ1v) is 14.9. The third-order valence-corrected chi connectivity index (χ3v) is 9.72. The third-order valence-electron chi connectivity index (χ3n) is 9.72. The van der Waals surface area contributed by atoms with Gasteiger partial charge in [-0.2, -0.15) is 0 Å². The molecule has 7 nitrogen and oxygen atoms in total. The molecule has 0 unspecified atom stereocenters. The second kappa shape index (κ2) is 10.7. The Labute approximate surface area is 249 Å². The zero-order chi connectivity index (χ0) is 29.7. The average Bonchev–Trinajstić information content (AvgIpc) is 2.98. The summed E-state index contributed by atoms with van der Waals surface area (Å²) in [7, 11) is 1.47. The number of carbonyl (C=O) groups excluding carboxylic acids is 3. The monoisotopic (exact) mass is 580 g/mol. The lowest BCUT2D eigenvalue weighted by Crippen LogP contribution is -2.54. The van der Waals surface area contributed by atoms with Crippen LogP contribution in [0.25, 0.3) is 6.08 Å². The maximum atomic E-state index is 14.0. The van der Waals surface area contributed by atoms with Crippen LogP contribution in [0.3, 0.4) is 0 Å². The maximum absolute atomic E-state index is 14.0. The van der Waals surface area contributed by atoms with Gasteiger partial charge in [-0.25, -0.2) is 14.1 Å². The number of nitrogens with zero attached hydrogens (tertiary/aromatic N) is 1. The fraction of sp³-hybridized carbons (Fsp3) is 0.343. The van der Waals surface area contributed by atoms with E-state index in [0.29, 0.717) is 28.3 Å². The molecule has 4 saturated carbocycles. The Balaban J connectivity index is 1.11. The summed E-state index contributed by atoms with van der Waals surface area (Å²) in [5.74, 6) is 1.32. The topological polar surface area (TPSA) is 84.9 Å². The van der Waals surface area contributed by atoms with Gasteiger partial charge in [-0.1, -0.05) is 36.4 Å². The minimum atomic E-state index is -0.774. The van der Waals surface area contributed by atoms with Crippen molar-refractivity contribution in [2.75, 3.05) is 12.0 Å². The number of carbonyl (C=O) groups is 3. The fourth-order valence-corrected chi connectivity index (χ4v) is 8.15. The van der Waals surface area contributed by atoms with Crippen molar-refractivity contribution in [3.63, 3.8) is 0 Å². The summed E-state index contributed by atoms with van der Waals surface area (Å²) in [6.07, 6.45) is 9.16. The Morgan fingerprint density at radius 2 is 1.58 bits per heavy atom. The lowest BCUT2D eigenvalue weighted by Gasteiger charge is -2.57. The van der Waals surface area contributed by atoms with Crippen molar-refractivity contribution in [1.82, 2.24) is 5.32 Å². The van der Waals surface area contributed by atoms with Crippen LogP contribution in [0.4, 0.5) is 14.9 Å². The van der Waals surface area contributed by atoms with Crippen molar-refractivity contribution in [2.45, 2.75) is 50.5 Å². The van der Waals surface area contributed by atoms with Gasteiger partial charge in [-0.15, -0.1) is 0 Å². The minimum absolute atomic E-state index is 0.00306. The van der Waals surface area contributed by atoms with E-state index >= 15 is 0 Å². The Morgan fingerprint density at radius 1 is 0.907 bits per heavy atom. The Morgan fingerprint density at radius 3 is 2.23 bits per heavy atom. The maximum Gasteiger partial charge on any atom is 0.335 e. The van der Waals surface area contributed by atoms with Crippen LogP contribution in [-0.2, 0) is 21.6 Å². The molecule has 3 aromatic rings. The molecule has 0 spiro atoms. The smallest absolute Gasteiger partial charge is 0.335 e. The molecule has 1 saturated heterocycles. The number of anilines is 1. The van der Waals surface area contributed by atoms with Crippen molar-refractivity contribution in [2.24, 2.45) is 17.8 Å². The predicted octanol–water partition coefficient (Wildman–Crippen LogP) is 6.55. The van der Waals surface area contributed by atoms with E-state index in [-0.39, 0.29) is 23.4 Å². The summed E-state index contributed by atoms with van der Waals surface area (Å²) in [6.45, 7) is 0.00306. The molecular formula is C35H33FN2O5. The minimum Gasteiger partial charge on any atom is -0.493 e. The fourth-order valence-electron chi connectivity index (χ4n) is 8.15. The van der Waals surface area contributed by atoms with Crippen LogP contribution in [0, 0.1) is 23.6 Å². The van der Waals surface area contributed by atoms with Gasteiger partial charge < -0.3 is 9.47 Å². The van der Waals surface area contributed by atoms with E-state index in [1.54, 1.807) is 36.4 Å². The molecule has 3 aromatic carbocycles. The highest BCUT2D eigenvalue weighted by Crippen LogP contribution is 2.60. The van der Waals surface area contributed by atoms with Gasteiger partial charge in [-0.05, 0) is 109 Å². The Hall–Kier alpha value is -4.46. The van der Waals surface area contributed by atoms with Crippen LogP contribution in [0.2, 0.25) is 0 Å². The molecular weight excluding hydrogens is 547 g/mol. The van der Waals surface area contributed by atoms with E-state index in [2.05, 4.69) is 17.4 Å². The van der Waals surface area contributed by atoms with Gasteiger partial charge in [-0.3, -0.25) is 14.9 Å². The van der Waals surface area contributed by atoms with E-state index in [1.807, 2.05) is 12.1 Å². The molecule has 1 N–H and O–H groups in total. The summed E-state index contributed by atoms with van der Waals surface area (Å²) in [5, 5.41) is 2.30. The number of amides is 4. The molecule has 220 valence electrons. The summed E-state index contributed by atoms with van der Waals surface area (Å²) >= 11 is 0. The van der Waals surface area contributed by atoms with Crippen LogP contribution >= 0.6 is 0 Å². The highest BCUT2D eigenvalue weighted by atomic mass is 19.1. The standard InChI is InChI=1S/C35H33FN2O5/c1-42-31-16-21(6-11-30(31)43-20-25-4-2-3-5-29(25)36)15-28-32(39)37-34(41)38(33(28)40)27-9-7-26(8-10-27)35-17-22-12-23(18-35)14-24(13-22)19-35/h2-11,15-16,22-24H,12-14,17-20H2,1H3,(H,37,39,41). The van der Waals surface area contributed by atoms with Crippen molar-refractivity contribution >= 4 is 29.6 Å². The number of rotatable bonds is 7. The largest absolute Gasteiger partial charge is 0.493 e. The van der Waals surface area contributed by atoms with Gasteiger partial charge in [0.25, 0.3) is 11.8 Å². The second-order valence-electron chi connectivity index (χ2n) is 12.5. The van der Waals surface area contributed by atoms with E-state index in [1.165, 1.54) is 63.3 Å². The number of methoxy groups -OCH3 is 1. The second-order valence-corrected chi connectivity index (χ2v) is 12.5. The van der Waals surface area contributed by atoms with Crippen molar-refractivity contribution < 1.29 is 28.2 Å². The van der Waals surface area contributed by atoms with Gasteiger partial charge in [0, 0.05) is 5.56 Å². The van der Waals surface area contributed by atoms with Crippen LogP contribution in [0.5, 0.6) is 11.5 Å². The number of urea groups is 1. The van der Waals surface area contributed by atoms with Crippen LogP contribution in [-0.4, -0.2) is 25.0 Å². The van der Waals surface area contributed by atoms with E-state index in [0.717, 1.165) is 22.7 Å². The molecule has 0 aromatic heterocycles. The van der Waals surface area contributed by atoms with Crippen molar-refractivity contribution in [3.8, 4) is 11.5 Å². The number of hydrogen-bond acceptors (Lipinski definition) is 5. The Kier molecular flexibility index (Phi) is 6.79. The van der Waals surface area contributed by atoms with Gasteiger partial charge in [0.15, 0.2) is 11.5 Å². The molecule has 1 aliphatic heterocycles. The summed E-state index contributed by atoms with van der Waals surface area (Å²) in [4.78, 5) is 40.2. The number of imide groups is 2. The van der Waals surface area contributed by atoms with Crippen LogP contribution < -0.4 is 19.7 Å². The lowest BCUT2D eigenvalue weighted by atomic mass is 9.48. The quantitative estimate of drug-likeness (QED) is 0.253. The number of barbiturate groups is 1. The van der Waals surface area contributed by atoms with Crippen molar-refractivity contribution in [1.29, 1.82) is 0 Å². The molecule has 8 rings (SSSR count). The molecule has 5 aliphatic rings. The van der Waals surface area contributed by atoms with E-state index < -0.39 is 17.8 Å². The molecule has 4 bridgehead atoms. The number of hydrogen-bond donors (Lipinski definition) is 1. The highest BCUT2D eigenvalue weighted by Gasteiger charge is 2.51. The molecule has 5 fully saturated rings. The first-order valence-electron chi connectivity index (χ1n) is 14.9. The third kappa shape index (κ3) is 4.98. The summed E-state index contributed by atoms with van der Waals surface area (Å²) < 4.78 is 25.2. The predicted molar refractivity (Wildman–Crippen MR) is 159 cm³/mol. The van der Waals surface area contributed by atoms with Crippen molar-refractivity contribution in [3.05, 3.63) is 94.8 Å². The summed E-state index contributed by atoms with van der Waals surface area (Å²) in [5.41, 5.74) is 2.63. The normalized spacial score (nSPS) is 27.0. The van der Waals surface area contributed by atoms with Crippen LogP contribution in [0.15, 0.2) is 72.3 Å². The average molecular weight is 581 g/mol. The first-order chi connectivity index (χ1) is 20.8. The zero-order valence-corrected chi connectivity index (χ0v) is 24.0. The molecule has 43 heavy (non-hydrogen) atoms. The molecule has 4 amide bonds. The summed E-state index contributed by atoms with van der Waals surface area (Å²) in [6, 6.07) is 18.2. The Bertz CT molecular complexity index is 1610. The van der Waals surface area contributed by atoms with Gasteiger partial charge in [0.2, 0.25) is 0 Å². The first kappa shape index (κ1) is 27.4. The van der Waals surface area contributed by atoms with Gasteiger partial charge >= 0.3 is 6.03 Å². The number of nitrogens with one attached hydrogen (secondary N) is 1. The molecule has 4 aliphatic carbocycles. The zero-order valence-electron chi connectivity index (χ0n) is 24.0. The van der Waals surface area contributed by atoms with E-state index in [9.17, 15) is 18.8 Å². The number of benzene rings is 3. The molecule has 8 heteroatoms. The van der Waals surface area contributed by atoms with E-state index in [4.69, 9.17) is 9.47 Å². The lowest BCUT2D eigenvalue weighted by molar-refractivity contribution is -0.122. The van der Waals surface area contributed by atoms with Gasteiger partial charge in [0.05, 0.1) is 12.8 Å². The number of ether oxygens (including phenoxy) is 2. The molecule has 0 atom stereocenters. The van der Waals surface area contributed by atoms with Crippen LogP contribution in [0.1, 0.15) is 55.2 Å². The SMILES string of the molecule is COc1cc(C=C2C(=O)NC(=O)N(c3ccc(C45CC6CC(CC(C6)C4)C5)cc3)C2=O)ccc1OCc1ccccc1F.